The van der Waals surface area contributed by atoms with Gasteiger partial charge in [0.15, 0.2) is 0 Å². The van der Waals surface area contributed by atoms with Crippen molar-refractivity contribution in [3.8, 4) is 0 Å². The van der Waals surface area contributed by atoms with Gasteiger partial charge in [0.2, 0.25) is 6.41 Å². The third-order valence-electron chi connectivity index (χ3n) is 5.44. The predicted molar refractivity (Wildman–Crippen MR) is 132 cm³/mol. The average Bonchev–Trinajstić information content (AvgIpc) is 3.51. The molecular weight excluding hydrogens is 402 g/mol. The highest BCUT2D eigenvalue weighted by atomic mass is 16.5. The molecule has 2 aromatic carbocycles. The van der Waals surface area contributed by atoms with Crippen molar-refractivity contribution < 1.29 is 9.53 Å². The number of H-pyrrole nitrogens is 1. The first-order valence-electron chi connectivity index (χ1n) is 10.8. The molecule has 0 spiro atoms. The quantitative estimate of drug-likeness (QED) is 0.334. The standard InChI is InChI=1S/C20H20N4O.C5H11NO/c1-2-14-3-6-17(7-4-14)22-11-16(10-21)15-5-8-19-18(9-15)20(12-23-19)24-13-25;1-6-5-2-3-7-4-5/h3-13,23H,2,21H2,1H3,(H,24,25);5-6H,2-4H2,1H3/b16-10+,22-11?;. The van der Waals surface area contributed by atoms with E-state index >= 15 is 0 Å². The van der Waals surface area contributed by atoms with Crippen molar-refractivity contribution in [1.29, 1.82) is 0 Å². The summed E-state index contributed by atoms with van der Waals surface area (Å²) in [6.07, 6.45) is 7.89. The van der Waals surface area contributed by atoms with Crippen LogP contribution in [0.5, 0.6) is 0 Å². The van der Waals surface area contributed by atoms with Gasteiger partial charge in [-0.25, -0.2) is 0 Å². The summed E-state index contributed by atoms with van der Waals surface area (Å²) in [7, 11) is 1.97. The van der Waals surface area contributed by atoms with Gasteiger partial charge in [-0.3, -0.25) is 9.79 Å². The van der Waals surface area contributed by atoms with Gasteiger partial charge in [0.1, 0.15) is 0 Å². The van der Waals surface area contributed by atoms with E-state index in [1.54, 1.807) is 12.4 Å². The van der Waals surface area contributed by atoms with E-state index in [1.165, 1.54) is 18.2 Å². The lowest BCUT2D eigenvalue weighted by Crippen LogP contribution is -2.24. The number of aromatic amines is 1. The fourth-order valence-electron chi connectivity index (χ4n) is 3.42. The zero-order chi connectivity index (χ0) is 22.8. The SMILES string of the molecule is CCc1ccc(N=C/C(=C\N)c2ccc3[nH]cc(NC=O)c3c2)cc1.CNC1CCOC1. The lowest BCUT2D eigenvalue weighted by Gasteiger charge is -2.04. The molecular formula is C25H31N5O2. The molecule has 7 nitrogen and oxygen atoms in total. The number of aromatic nitrogens is 1. The van der Waals surface area contributed by atoms with Crippen LogP contribution >= 0.6 is 0 Å². The minimum absolute atomic E-state index is 0.625. The van der Waals surface area contributed by atoms with Crippen LogP contribution in [0.1, 0.15) is 24.5 Å². The summed E-state index contributed by atoms with van der Waals surface area (Å²) >= 11 is 0. The van der Waals surface area contributed by atoms with Crippen molar-refractivity contribution in [2.24, 2.45) is 10.7 Å². The minimum Gasteiger partial charge on any atom is -0.404 e. The molecule has 1 amide bonds. The van der Waals surface area contributed by atoms with Gasteiger partial charge in [0.25, 0.3) is 0 Å². The number of carbonyl (C=O) groups excluding carboxylic acids is 1. The van der Waals surface area contributed by atoms with Crippen LogP contribution in [0, 0.1) is 0 Å². The van der Waals surface area contributed by atoms with Crippen LogP contribution in [-0.2, 0) is 16.0 Å². The summed E-state index contributed by atoms with van der Waals surface area (Å²) in [6.45, 7) is 3.96. The molecule has 1 fully saturated rings. The van der Waals surface area contributed by atoms with Gasteiger partial charge in [-0.1, -0.05) is 25.1 Å². The second-order valence-corrected chi connectivity index (χ2v) is 7.47. The largest absolute Gasteiger partial charge is 0.404 e. The Balaban J connectivity index is 0.000000352. The second-order valence-electron chi connectivity index (χ2n) is 7.47. The molecule has 1 saturated heterocycles. The maximum atomic E-state index is 10.7. The Morgan fingerprint density at radius 1 is 1.28 bits per heavy atom. The number of carbonyl (C=O) groups is 1. The monoisotopic (exact) mass is 433 g/mol. The Morgan fingerprint density at radius 3 is 2.69 bits per heavy atom. The lowest BCUT2D eigenvalue weighted by atomic mass is 10.1. The molecule has 1 atom stereocenters. The Kier molecular flexibility index (Phi) is 8.60. The Bertz CT molecular complexity index is 1060. The Labute approximate surface area is 188 Å². The van der Waals surface area contributed by atoms with E-state index in [9.17, 15) is 4.79 Å². The van der Waals surface area contributed by atoms with Crippen molar-refractivity contribution in [3.05, 3.63) is 66.0 Å². The number of aliphatic imine (C=N–C) groups is 1. The third kappa shape index (κ3) is 6.06. The number of hydrogen-bond donors (Lipinski definition) is 4. The minimum atomic E-state index is 0.625. The number of hydrogen-bond acceptors (Lipinski definition) is 5. The van der Waals surface area contributed by atoms with Crippen LogP contribution < -0.4 is 16.4 Å². The van der Waals surface area contributed by atoms with Crippen LogP contribution in [-0.4, -0.2) is 43.9 Å². The van der Waals surface area contributed by atoms with Crippen LogP contribution in [0.4, 0.5) is 11.4 Å². The van der Waals surface area contributed by atoms with Crippen molar-refractivity contribution >= 4 is 40.5 Å². The number of nitrogens with two attached hydrogens (primary N) is 1. The highest BCUT2D eigenvalue weighted by Gasteiger charge is 2.11. The fraction of sp³-hybridized carbons (Fsp3) is 0.280. The molecule has 4 rings (SSSR count). The molecule has 0 aliphatic carbocycles. The van der Waals surface area contributed by atoms with Crippen molar-refractivity contribution in [2.75, 3.05) is 25.6 Å². The van der Waals surface area contributed by atoms with Gasteiger partial charge < -0.3 is 26.1 Å². The topological polar surface area (TPSA) is 105 Å². The van der Waals surface area contributed by atoms with Gasteiger partial charge in [-0.2, -0.15) is 0 Å². The lowest BCUT2D eigenvalue weighted by molar-refractivity contribution is -0.105. The maximum Gasteiger partial charge on any atom is 0.211 e. The molecule has 7 heteroatoms. The molecule has 3 aromatic rings. The zero-order valence-corrected chi connectivity index (χ0v) is 18.6. The summed E-state index contributed by atoms with van der Waals surface area (Å²) in [5, 5.41) is 6.75. The number of allylic oxidation sites excluding steroid dienone is 1. The van der Waals surface area contributed by atoms with Gasteiger partial charge in [-0.15, -0.1) is 0 Å². The van der Waals surface area contributed by atoms with E-state index in [0.29, 0.717) is 12.5 Å². The molecule has 2 heterocycles. The number of fused-ring (bicyclic) bond motifs is 1. The number of ether oxygens (including phenoxy) is 1. The number of nitrogens with zero attached hydrogens (tertiary/aromatic N) is 1. The second kappa shape index (κ2) is 11.8. The third-order valence-corrected chi connectivity index (χ3v) is 5.44. The predicted octanol–water partition coefficient (Wildman–Crippen LogP) is 4.00. The van der Waals surface area contributed by atoms with Crippen molar-refractivity contribution in [2.45, 2.75) is 25.8 Å². The van der Waals surface area contributed by atoms with Gasteiger partial charge >= 0.3 is 0 Å². The average molecular weight is 434 g/mol. The number of likely N-dealkylation sites (N-methyl/N-ethyl adjacent to an activating group) is 1. The van der Waals surface area contributed by atoms with E-state index in [2.05, 4.69) is 39.7 Å². The van der Waals surface area contributed by atoms with E-state index in [0.717, 1.165) is 53.0 Å². The maximum absolute atomic E-state index is 10.7. The number of benzene rings is 2. The summed E-state index contributed by atoms with van der Waals surface area (Å²) in [6, 6.07) is 14.6. The molecule has 1 unspecified atom stereocenters. The highest BCUT2D eigenvalue weighted by Crippen LogP contribution is 2.26. The molecule has 0 saturated carbocycles. The number of rotatable bonds is 7. The number of anilines is 1. The number of aryl methyl sites for hydroxylation is 1. The summed E-state index contributed by atoms with van der Waals surface area (Å²) < 4.78 is 5.09. The van der Waals surface area contributed by atoms with E-state index in [-0.39, 0.29) is 0 Å². The molecule has 5 N–H and O–H groups in total. The van der Waals surface area contributed by atoms with Crippen LogP contribution in [0.25, 0.3) is 16.5 Å². The van der Waals surface area contributed by atoms with Gasteiger partial charge in [0.05, 0.1) is 18.0 Å². The molecule has 0 bridgehead atoms. The first-order chi connectivity index (χ1) is 15.7. The van der Waals surface area contributed by atoms with Crippen LogP contribution in [0.3, 0.4) is 0 Å². The molecule has 0 radical (unpaired) electrons. The van der Waals surface area contributed by atoms with Crippen LogP contribution in [0.15, 0.2) is 59.9 Å². The van der Waals surface area contributed by atoms with Gasteiger partial charge in [0, 0.05) is 47.7 Å². The van der Waals surface area contributed by atoms with Crippen LogP contribution in [0.2, 0.25) is 0 Å². The van der Waals surface area contributed by atoms with E-state index in [1.807, 2.05) is 37.4 Å². The van der Waals surface area contributed by atoms with Crippen molar-refractivity contribution in [3.63, 3.8) is 0 Å². The molecule has 1 aliphatic heterocycles. The molecule has 1 aromatic heterocycles. The number of amides is 1. The first-order valence-corrected chi connectivity index (χ1v) is 10.8. The van der Waals surface area contributed by atoms with E-state index in [4.69, 9.17) is 10.5 Å². The molecule has 32 heavy (non-hydrogen) atoms. The van der Waals surface area contributed by atoms with Gasteiger partial charge in [-0.05, 0) is 55.3 Å². The zero-order valence-electron chi connectivity index (χ0n) is 18.6. The Morgan fingerprint density at radius 2 is 2.09 bits per heavy atom. The smallest absolute Gasteiger partial charge is 0.211 e. The first kappa shape index (κ1) is 23.2. The summed E-state index contributed by atoms with van der Waals surface area (Å²) in [5.74, 6) is 0. The van der Waals surface area contributed by atoms with E-state index < -0.39 is 0 Å². The molecule has 168 valence electrons. The normalized spacial score (nSPS) is 16.2. The summed E-state index contributed by atoms with van der Waals surface area (Å²) in [5.41, 5.74) is 11.4. The fourth-order valence-corrected chi connectivity index (χ4v) is 3.42. The molecule has 1 aliphatic rings. The number of nitrogens with one attached hydrogen (secondary N) is 3. The summed E-state index contributed by atoms with van der Waals surface area (Å²) in [4.78, 5) is 18.3. The van der Waals surface area contributed by atoms with Crippen molar-refractivity contribution in [1.82, 2.24) is 10.3 Å². The highest BCUT2D eigenvalue weighted by molar-refractivity contribution is 6.12. The Hall–Kier alpha value is -3.42.